The second-order valence-corrected chi connectivity index (χ2v) is 8.24. The summed E-state index contributed by atoms with van der Waals surface area (Å²) >= 11 is 0. The number of piperidine rings is 1. The smallest absolute Gasteiger partial charge is 0.230 e. The van der Waals surface area contributed by atoms with Gasteiger partial charge in [-0.2, -0.15) is 4.98 Å². The van der Waals surface area contributed by atoms with Crippen molar-refractivity contribution in [3.63, 3.8) is 0 Å². The Labute approximate surface area is 191 Å². The monoisotopic (exact) mass is 434 g/mol. The van der Waals surface area contributed by atoms with Crippen molar-refractivity contribution < 1.29 is 4.52 Å². The molecule has 0 radical (unpaired) electrons. The Balaban J connectivity index is 1.21. The number of pyridine rings is 3. The van der Waals surface area contributed by atoms with Gasteiger partial charge in [-0.25, -0.2) is 4.98 Å². The molecule has 0 bridgehead atoms. The minimum atomic E-state index is 0.256. The van der Waals surface area contributed by atoms with E-state index in [-0.39, 0.29) is 5.92 Å². The molecule has 162 valence electrons. The van der Waals surface area contributed by atoms with Crippen LogP contribution in [-0.2, 0) is 0 Å². The Bertz CT molecular complexity index is 1380. The molecular weight excluding hydrogens is 412 g/mol. The topological polar surface area (TPSA) is 80.8 Å². The lowest BCUT2D eigenvalue weighted by Crippen LogP contribution is -2.33. The summed E-state index contributed by atoms with van der Waals surface area (Å²) < 4.78 is 5.59. The highest BCUT2D eigenvalue weighted by molar-refractivity contribution is 5.94. The SMILES string of the molecule is c1cncc(-c2noc(C3CCN(c4ccc5cccc(-c6ccncc6)c5n4)CC3)n2)c1. The number of benzene rings is 1. The van der Waals surface area contributed by atoms with E-state index in [4.69, 9.17) is 9.51 Å². The molecule has 1 aromatic carbocycles. The van der Waals surface area contributed by atoms with E-state index in [0.717, 1.165) is 59.3 Å². The number of para-hydroxylation sites is 1. The Kier molecular flexibility index (Phi) is 4.99. The lowest BCUT2D eigenvalue weighted by atomic mass is 9.96. The maximum Gasteiger partial charge on any atom is 0.230 e. The van der Waals surface area contributed by atoms with Crippen LogP contribution < -0.4 is 4.90 Å². The highest BCUT2D eigenvalue weighted by Gasteiger charge is 2.26. The molecule has 1 aliphatic heterocycles. The normalized spacial score (nSPS) is 14.6. The molecule has 0 N–H and O–H groups in total. The van der Waals surface area contributed by atoms with Crippen molar-refractivity contribution in [3.8, 4) is 22.5 Å². The van der Waals surface area contributed by atoms with Crippen molar-refractivity contribution in [1.29, 1.82) is 0 Å². The fourth-order valence-corrected chi connectivity index (χ4v) is 4.45. The summed E-state index contributed by atoms with van der Waals surface area (Å²) in [5, 5.41) is 5.29. The molecule has 0 unspecified atom stereocenters. The van der Waals surface area contributed by atoms with Crippen LogP contribution >= 0.6 is 0 Å². The fraction of sp³-hybridized carbons (Fsp3) is 0.192. The number of hydrogen-bond acceptors (Lipinski definition) is 7. The average Bonchev–Trinajstić information content (AvgIpc) is 3.40. The standard InChI is InChI=1S/C26H22N6O/c1-3-19-6-7-23(29-24(19)22(5-1)18-8-13-27-14-9-18)32-15-10-20(11-16-32)26-30-25(31-33-26)21-4-2-12-28-17-21/h1-9,12-14,17,20H,10-11,15-16H2. The summed E-state index contributed by atoms with van der Waals surface area (Å²) in [4.78, 5) is 20.3. The predicted molar refractivity (Wildman–Crippen MR) is 127 cm³/mol. The Morgan fingerprint density at radius 3 is 2.48 bits per heavy atom. The van der Waals surface area contributed by atoms with Gasteiger partial charge >= 0.3 is 0 Å². The molecule has 5 heterocycles. The summed E-state index contributed by atoms with van der Waals surface area (Å²) in [5.74, 6) is 2.57. The third kappa shape index (κ3) is 3.82. The molecule has 6 rings (SSSR count). The highest BCUT2D eigenvalue weighted by atomic mass is 16.5. The molecule has 1 aliphatic rings. The van der Waals surface area contributed by atoms with E-state index in [1.54, 1.807) is 12.4 Å². The minimum Gasteiger partial charge on any atom is -0.357 e. The molecular formula is C26H22N6O. The van der Waals surface area contributed by atoms with Gasteiger partial charge in [-0.1, -0.05) is 23.4 Å². The molecule has 4 aromatic heterocycles. The first kappa shape index (κ1) is 19.5. The Morgan fingerprint density at radius 2 is 1.67 bits per heavy atom. The molecule has 0 spiro atoms. The van der Waals surface area contributed by atoms with Gasteiger partial charge in [0.15, 0.2) is 0 Å². The van der Waals surface area contributed by atoms with Crippen LogP contribution in [0.15, 0.2) is 83.9 Å². The molecule has 5 aromatic rings. The number of rotatable bonds is 4. The molecule has 0 aliphatic carbocycles. The number of nitrogens with zero attached hydrogens (tertiary/aromatic N) is 6. The maximum atomic E-state index is 5.59. The third-order valence-electron chi connectivity index (χ3n) is 6.23. The molecule has 7 heteroatoms. The first-order chi connectivity index (χ1) is 16.3. The molecule has 1 fully saturated rings. The van der Waals surface area contributed by atoms with Crippen LogP contribution in [0.25, 0.3) is 33.4 Å². The van der Waals surface area contributed by atoms with Gasteiger partial charge in [0, 0.05) is 60.3 Å². The molecule has 0 saturated carbocycles. The zero-order valence-corrected chi connectivity index (χ0v) is 18.0. The quantitative estimate of drug-likeness (QED) is 0.388. The van der Waals surface area contributed by atoms with Crippen molar-refractivity contribution >= 4 is 16.7 Å². The van der Waals surface area contributed by atoms with Crippen molar-refractivity contribution in [3.05, 3.63) is 85.3 Å². The largest absolute Gasteiger partial charge is 0.357 e. The van der Waals surface area contributed by atoms with Gasteiger partial charge < -0.3 is 9.42 Å². The van der Waals surface area contributed by atoms with E-state index in [0.29, 0.717) is 11.7 Å². The molecule has 1 saturated heterocycles. The molecule has 33 heavy (non-hydrogen) atoms. The minimum absolute atomic E-state index is 0.256. The van der Waals surface area contributed by atoms with E-state index in [2.05, 4.69) is 55.3 Å². The Hall–Kier alpha value is -4.13. The lowest BCUT2D eigenvalue weighted by molar-refractivity contribution is 0.329. The molecule has 0 atom stereocenters. The van der Waals surface area contributed by atoms with Gasteiger partial charge in [-0.05, 0) is 54.8 Å². The summed E-state index contributed by atoms with van der Waals surface area (Å²) in [6.07, 6.45) is 9.02. The zero-order valence-electron chi connectivity index (χ0n) is 18.0. The van der Waals surface area contributed by atoms with E-state index in [1.807, 2.05) is 36.7 Å². The number of aromatic nitrogens is 5. The summed E-state index contributed by atoms with van der Waals surface area (Å²) in [7, 11) is 0. The van der Waals surface area contributed by atoms with Crippen LogP contribution in [-0.4, -0.2) is 38.2 Å². The van der Waals surface area contributed by atoms with Crippen LogP contribution in [0.3, 0.4) is 0 Å². The van der Waals surface area contributed by atoms with Crippen molar-refractivity contribution in [1.82, 2.24) is 25.1 Å². The van der Waals surface area contributed by atoms with Crippen molar-refractivity contribution in [2.24, 2.45) is 0 Å². The first-order valence-electron chi connectivity index (χ1n) is 11.1. The summed E-state index contributed by atoms with van der Waals surface area (Å²) in [6, 6.07) is 18.5. The maximum absolute atomic E-state index is 5.59. The number of fused-ring (bicyclic) bond motifs is 1. The van der Waals surface area contributed by atoms with Crippen LogP contribution in [0.4, 0.5) is 5.82 Å². The highest BCUT2D eigenvalue weighted by Crippen LogP contribution is 2.32. The van der Waals surface area contributed by atoms with Crippen LogP contribution in [0, 0.1) is 0 Å². The first-order valence-corrected chi connectivity index (χ1v) is 11.1. The summed E-state index contributed by atoms with van der Waals surface area (Å²) in [6.45, 7) is 1.79. The summed E-state index contributed by atoms with van der Waals surface area (Å²) in [5.41, 5.74) is 4.14. The number of anilines is 1. The van der Waals surface area contributed by atoms with Gasteiger partial charge in [0.2, 0.25) is 11.7 Å². The Morgan fingerprint density at radius 1 is 0.788 bits per heavy atom. The van der Waals surface area contributed by atoms with Crippen molar-refractivity contribution in [2.45, 2.75) is 18.8 Å². The van der Waals surface area contributed by atoms with Crippen LogP contribution in [0.2, 0.25) is 0 Å². The second-order valence-electron chi connectivity index (χ2n) is 8.24. The second kappa shape index (κ2) is 8.43. The fourth-order valence-electron chi connectivity index (χ4n) is 4.45. The van der Waals surface area contributed by atoms with E-state index in [9.17, 15) is 0 Å². The molecule has 0 amide bonds. The van der Waals surface area contributed by atoms with Gasteiger partial charge in [-0.3, -0.25) is 9.97 Å². The van der Waals surface area contributed by atoms with Crippen molar-refractivity contribution in [2.75, 3.05) is 18.0 Å². The van der Waals surface area contributed by atoms with Gasteiger partial charge in [-0.15, -0.1) is 0 Å². The van der Waals surface area contributed by atoms with Crippen LogP contribution in [0.5, 0.6) is 0 Å². The average molecular weight is 435 g/mol. The third-order valence-corrected chi connectivity index (χ3v) is 6.23. The van der Waals surface area contributed by atoms with E-state index >= 15 is 0 Å². The lowest BCUT2D eigenvalue weighted by Gasteiger charge is -2.31. The predicted octanol–water partition coefficient (Wildman–Crippen LogP) is 5.13. The van der Waals surface area contributed by atoms with E-state index in [1.165, 1.54) is 0 Å². The van der Waals surface area contributed by atoms with Crippen LogP contribution in [0.1, 0.15) is 24.7 Å². The number of hydrogen-bond donors (Lipinski definition) is 0. The van der Waals surface area contributed by atoms with Gasteiger partial charge in [0.05, 0.1) is 5.52 Å². The van der Waals surface area contributed by atoms with Gasteiger partial charge in [0.1, 0.15) is 5.82 Å². The zero-order chi connectivity index (χ0) is 22.0. The van der Waals surface area contributed by atoms with E-state index < -0.39 is 0 Å². The molecule has 7 nitrogen and oxygen atoms in total. The van der Waals surface area contributed by atoms with Gasteiger partial charge in [0.25, 0.3) is 0 Å².